The van der Waals surface area contributed by atoms with Gasteiger partial charge in [0.2, 0.25) is 17.7 Å². The van der Waals surface area contributed by atoms with Gasteiger partial charge in [0.1, 0.15) is 5.84 Å². The fourth-order valence-electron chi connectivity index (χ4n) is 3.15. The number of ether oxygens (including phenoxy) is 2. The van der Waals surface area contributed by atoms with Crippen LogP contribution in [0.2, 0.25) is 0 Å². The smallest absolute Gasteiger partial charge is 0.264 e. The molecule has 4 rings (SSSR count). The summed E-state index contributed by atoms with van der Waals surface area (Å²) >= 11 is 0. The molecule has 0 saturated carbocycles. The molecule has 0 spiro atoms. The normalized spacial score (nSPS) is 13.1. The number of nitrogens with zero attached hydrogens (tertiary/aromatic N) is 3. The van der Waals surface area contributed by atoms with Crippen LogP contribution in [0.1, 0.15) is 11.1 Å². The lowest BCUT2D eigenvalue weighted by Gasteiger charge is -2.18. The Morgan fingerprint density at radius 3 is 2.23 bits per heavy atom. The fraction of sp³-hybridized carbons (Fsp3) is 0.150. The van der Waals surface area contributed by atoms with Crippen molar-refractivity contribution in [2.24, 2.45) is 0 Å². The van der Waals surface area contributed by atoms with Gasteiger partial charge in [-0.2, -0.15) is 9.97 Å². The second kappa shape index (κ2) is 7.64. The zero-order valence-corrected chi connectivity index (χ0v) is 17.1. The van der Waals surface area contributed by atoms with E-state index in [0.29, 0.717) is 12.4 Å². The molecular weight excluding hydrogens is 406 g/mol. The molecule has 0 fully saturated rings. The second-order valence-corrected chi connectivity index (χ2v) is 8.15. The molecule has 0 aliphatic carbocycles. The van der Waals surface area contributed by atoms with Crippen LogP contribution in [-0.4, -0.2) is 38.4 Å². The molecule has 0 radical (unpaired) electrons. The van der Waals surface area contributed by atoms with Crippen LogP contribution in [0.4, 0.5) is 11.6 Å². The molecule has 154 valence electrons. The number of aromatic nitrogens is 2. The molecule has 2 heterocycles. The molecule has 1 aromatic heterocycles. The number of hydrogen-bond acceptors (Lipinski definition) is 7. The summed E-state index contributed by atoms with van der Waals surface area (Å²) in [4.78, 5) is 9.83. The minimum atomic E-state index is -3.93. The Bertz CT molecular complexity index is 1190. The summed E-state index contributed by atoms with van der Waals surface area (Å²) in [6.07, 6.45) is 0. The topological polar surface area (TPSA) is 118 Å². The van der Waals surface area contributed by atoms with E-state index in [1.165, 1.54) is 32.4 Å². The van der Waals surface area contributed by atoms with Gasteiger partial charge in [-0.25, -0.2) is 13.1 Å². The van der Waals surface area contributed by atoms with E-state index >= 15 is 0 Å². The number of amidine groups is 1. The van der Waals surface area contributed by atoms with E-state index in [9.17, 15) is 8.42 Å². The molecule has 30 heavy (non-hydrogen) atoms. The highest BCUT2D eigenvalue weighted by Gasteiger charge is 2.25. The highest BCUT2D eigenvalue weighted by molar-refractivity contribution is 7.92. The summed E-state index contributed by atoms with van der Waals surface area (Å²) in [5, 5.41) is 8.38. The number of benzene rings is 2. The third-order valence-corrected chi connectivity index (χ3v) is 6.00. The first kappa shape index (κ1) is 19.6. The van der Waals surface area contributed by atoms with Gasteiger partial charge in [0.05, 0.1) is 31.7 Å². The molecule has 10 heteroatoms. The molecule has 0 atom stereocenters. The van der Waals surface area contributed by atoms with Gasteiger partial charge >= 0.3 is 0 Å². The molecule has 9 nitrogen and oxygen atoms in total. The van der Waals surface area contributed by atoms with Crippen molar-refractivity contribution in [1.82, 2.24) is 9.97 Å². The molecule has 0 saturated heterocycles. The van der Waals surface area contributed by atoms with Gasteiger partial charge in [0.25, 0.3) is 10.0 Å². The molecule has 1 aliphatic rings. The highest BCUT2D eigenvalue weighted by Crippen LogP contribution is 2.29. The van der Waals surface area contributed by atoms with Crippen molar-refractivity contribution in [2.45, 2.75) is 11.4 Å². The van der Waals surface area contributed by atoms with E-state index < -0.39 is 10.0 Å². The van der Waals surface area contributed by atoms with Crippen molar-refractivity contribution < 1.29 is 17.9 Å². The Hall–Kier alpha value is -3.66. The van der Waals surface area contributed by atoms with Crippen LogP contribution in [0.25, 0.3) is 0 Å². The van der Waals surface area contributed by atoms with E-state index in [1.807, 2.05) is 29.2 Å². The van der Waals surface area contributed by atoms with Crippen molar-refractivity contribution in [2.75, 3.05) is 23.8 Å². The van der Waals surface area contributed by atoms with Crippen molar-refractivity contribution in [3.05, 3.63) is 65.7 Å². The largest absolute Gasteiger partial charge is 0.481 e. The quantitative estimate of drug-likeness (QED) is 0.623. The van der Waals surface area contributed by atoms with Gasteiger partial charge in [0, 0.05) is 11.3 Å². The number of anilines is 2. The van der Waals surface area contributed by atoms with E-state index in [4.69, 9.17) is 14.9 Å². The van der Waals surface area contributed by atoms with Crippen LogP contribution in [0.15, 0.2) is 59.5 Å². The maximum Gasteiger partial charge on any atom is 0.264 e. The molecule has 1 aliphatic heterocycles. The van der Waals surface area contributed by atoms with Gasteiger partial charge < -0.3 is 14.4 Å². The van der Waals surface area contributed by atoms with Crippen LogP contribution >= 0.6 is 0 Å². The first-order valence-electron chi connectivity index (χ1n) is 8.95. The highest BCUT2D eigenvalue weighted by atomic mass is 32.2. The van der Waals surface area contributed by atoms with Gasteiger partial charge in [-0.05, 0) is 29.8 Å². The maximum absolute atomic E-state index is 12.7. The molecule has 0 bridgehead atoms. The average Bonchev–Trinajstić information content (AvgIpc) is 3.10. The van der Waals surface area contributed by atoms with E-state index in [-0.39, 0.29) is 22.6 Å². The van der Waals surface area contributed by atoms with Crippen LogP contribution < -0.4 is 19.1 Å². The Morgan fingerprint density at radius 1 is 1.00 bits per heavy atom. The van der Waals surface area contributed by atoms with E-state index in [2.05, 4.69) is 14.7 Å². The van der Waals surface area contributed by atoms with E-state index in [0.717, 1.165) is 16.8 Å². The number of fused-ring (bicyclic) bond motifs is 1. The van der Waals surface area contributed by atoms with Crippen molar-refractivity contribution in [3.63, 3.8) is 0 Å². The molecule has 0 amide bonds. The van der Waals surface area contributed by atoms with Gasteiger partial charge in [-0.15, -0.1) is 0 Å². The van der Waals surface area contributed by atoms with E-state index in [1.54, 1.807) is 12.1 Å². The third-order valence-electron chi connectivity index (χ3n) is 4.65. The van der Waals surface area contributed by atoms with Crippen LogP contribution in [0.5, 0.6) is 11.8 Å². The third kappa shape index (κ3) is 3.64. The van der Waals surface area contributed by atoms with Crippen LogP contribution in [0, 0.1) is 5.41 Å². The number of nitrogens with one attached hydrogen (secondary N) is 2. The number of methoxy groups -OCH3 is 2. The lowest BCUT2D eigenvalue weighted by Crippen LogP contribution is -2.23. The minimum absolute atomic E-state index is 0.0416. The van der Waals surface area contributed by atoms with Crippen molar-refractivity contribution >= 4 is 27.5 Å². The summed E-state index contributed by atoms with van der Waals surface area (Å²) in [6.45, 7) is 0.566. The lowest BCUT2D eigenvalue weighted by molar-refractivity contribution is 0.373. The summed E-state index contributed by atoms with van der Waals surface area (Å²) in [7, 11) is -1.11. The molecule has 2 aromatic carbocycles. The first-order valence-corrected chi connectivity index (χ1v) is 10.4. The zero-order chi connectivity index (χ0) is 21.3. The zero-order valence-electron chi connectivity index (χ0n) is 16.3. The Labute approximate surface area is 173 Å². The summed E-state index contributed by atoms with van der Waals surface area (Å²) in [6, 6.07) is 15.5. The maximum atomic E-state index is 12.7. The van der Waals surface area contributed by atoms with Crippen LogP contribution in [0.3, 0.4) is 0 Å². The van der Waals surface area contributed by atoms with Gasteiger partial charge in [-0.3, -0.25) is 5.41 Å². The fourth-order valence-corrected chi connectivity index (χ4v) is 4.09. The van der Waals surface area contributed by atoms with Crippen molar-refractivity contribution in [3.8, 4) is 11.8 Å². The molecule has 2 N–H and O–H groups in total. The molecule has 3 aromatic rings. The monoisotopic (exact) mass is 425 g/mol. The summed E-state index contributed by atoms with van der Waals surface area (Å²) in [5.74, 6) is 0.562. The number of hydrogen-bond donors (Lipinski definition) is 2. The van der Waals surface area contributed by atoms with Gasteiger partial charge in [0.15, 0.2) is 0 Å². The predicted molar refractivity (Wildman–Crippen MR) is 112 cm³/mol. The SMILES string of the molecule is COc1cc(OC)nc(NS(=O)(=O)c2ccc(N3Cc4ccccc4C3=N)cc2)n1. The Kier molecular flexibility index (Phi) is 5.00. The number of rotatable bonds is 6. The molecule has 0 unspecified atom stereocenters. The average molecular weight is 425 g/mol. The Balaban J connectivity index is 1.56. The minimum Gasteiger partial charge on any atom is -0.481 e. The predicted octanol–water partition coefficient (Wildman–Crippen LogP) is 2.64. The molecular formula is C20H19N5O4S. The number of sulfonamides is 1. The lowest BCUT2D eigenvalue weighted by atomic mass is 10.1. The Morgan fingerprint density at radius 2 is 1.63 bits per heavy atom. The standard InChI is InChI=1S/C20H19N5O4S/c1-28-17-11-18(29-2)23-20(22-17)24-30(26,27)15-9-7-14(8-10-15)25-12-13-5-3-4-6-16(13)19(25)21/h3-11,21H,12H2,1-2H3,(H,22,23,24). The second-order valence-electron chi connectivity index (χ2n) is 6.47. The van der Waals surface area contributed by atoms with Crippen molar-refractivity contribution in [1.29, 1.82) is 5.41 Å². The summed E-state index contributed by atoms with van der Waals surface area (Å²) < 4.78 is 37.9. The van der Waals surface area contributed by atoms with Gasteiger partial charge in [-0.1, -0.05) is 24.3 Å². The summed E-state index contributed by atoms with van der Waals surface area (Å²) in [5.41, 5.74) is 2.67. The van der Waals surface area contributed by atoms with Crippen LogP contribution in [-0.2, 0) is 16.6 Å². The first-order chi connectivity index (χ1) is 14.4.